The minimum absolute atomic E-state index is 0.250. The molecule has 0 bridgehead atoms. The predicted octanol–water partition coefficient (Wildman–Crippen LogP) is 1.64. The lowest BCUT2D eigenvalue weighted by Crippen LogP contribution is -2.14. The second kappa shape index (κ2) is 6.16. The summed E-state index contributed by atoms with van der Waals surface area (Å²) in [5.74, 6) is 0. The molecule has 3 heteroatoms. The first kappa shape index (κ1) is 10.7. The van der Waals surface area contributed by atoms with Crippen molar-refractivity contribution >= 4 is 6.47 Å². The van der Waals surface area contributed by atoms with Gasteiger partial charge in [-0.15, -0.1) is 0 Å². The van der Waals surface area contributed by atoms with Gasteiger partial charge in [-0.2, -0.15) is 0 Å². The second-order valence-corrected chi connectivity index (χ2v) is 3.25. The van der Waals surface area contributed by atoms with Gasteiger partial charge in [0.2, 0.25) is 0 Å². The van der Waals surface area contributed by atoms with E-state index >= 15 is 0 Å². The van der Waals surface area contributed by atoms with Crippen molar-refractivity contribution in [2.75, 3.05) is 0 Å². The van der Waals surface area contributed by atoms with Crippen molar-refractivity contribution in [3.8, 4) is 0 Å². The summed E-state index contributed by atoms with van der Waals surface area (Å²) in [6.45, 7) is 0.783. The van der Waals surface area contributed by atoms with E-state index < -0.39 is 0 Å². The molecule has 0 unspecified atom stereocenters. The molecule has 2 N–H and O–H groups in total. The van der Waals surface area contributed by atoms with Crippen LogP contribution in [-0.4, -0.2) is 17.6 Å². The third-order valence-electron chi connectivity index (χ3n) is 2.02. The number of nitrogens with one attached hydrogen (secondary N) is 1. The molecule has 3 nitrogen and oxygen atoms in total. The van der Waals surface area contributed by atoms with E-state index in [0.29, 0.717) is 0 Å². The van der Waals surface area contributed by atoms with E-state index in [1.54, 1.807) is 0 Å². The van der Waals surface area contributed by atoms with Gasteiger partial charge in [0.05, 0.1) is 0 Å². The van der Waals surface area contributed by atoms with Crippen LogP contribution >= 0.6 is 0 Å². The first-order valence-electron chi connectivity index (χ1n) is 4.72. The Hall–Kier alpha value is -1.35. The van der Waals surface area contributed by atoms with Crippen LogP contribution in [-0.2, 0) is 11.3 Å². The molecule has 0 aliphatic heterocycles. The van der Waals surface area contributed by atoms with E-state index in [0.717, 1.165) is 12.6 Å². The SMILES string of the molecule is O=CO.c1ccc(CNC2CC2)cc1. The van der Waals surface area contributed by atoms with Crippen LogP contribution in [0.15, 0.2) is 30.3 Å². The largest absolute Gasteiger partial charge is 0.483 e. The van der Waals surface area contributed by atoms with Crippen LogP contribution in [0.25, 0.3) is 0 Å². The van der Waals surface area contributed by atoms with Crippen molar-refractivity contribution in [3.63, 3.8) is 0 Å². The van der Waals surface area contributed by atoms with E-state index in [2.05, 4.69) is 35.6 Å². The molecule has 0 spiro atoms. The molecule has 0 saturated heterocycles. The van der Waals surface area contributed by atoms with Gasteiger partial charge in [-0.05, 0) is 18.4 Å². The van der Waals surface area contributed by atoms with Gasteiger partial charge in [0.15, 0.2) is 0 Å². The average molecular weight is 193 g/mol. The van der Waals surface area contributed by atoms with Crippen molar-refractivity contribution in [2.24, 2.45) is 0 Å². The van der Waals surface area contributed by atoms with Crippen molar-refractivity contribution < 1.29 is 9.90 Å². The smallest absolute Gasteiger partial charge is 0.290 e. The number of carbonyl (C=O) groups is 1. The normalized spacial score (nSPS) is 14.0. The maximum absolute atomic E-state index is 8.36. The zero-order valence-corrected chi connectivity index (χ0v) is 8.02. The van der Waals surface area contributed by atoms with Crippen LogP contribution in [0.3, 0.4) is 0 Å². The Balaban J connectivity index is 0.000000293. The quantitative estimate of drug-likeness (QED) is 0.717. The van der Waals surface area contributed by atoms with Gasteiger partial charge in [0.1, 0.15) is 0 Å². The third kappa shape index (κ3) is 4.62. The summed E-state index contributed by atoms with van der Waals surface area (Å²) in [5, 5.41) is 10.4. The van der Waals surface area contributed by atoms with Gasteiger partial charge in [-0.3, -0.25) is 4.79 Å². The highest BCUT2D eigenvalue weighted by Crippen LogP contribution is 2.19. The summed E-state index contributed by atoms with van der Waals surface area (Å²) < 4.78 is 0. The Morgan fingerprint density at radius 2 is 1.93 bits per heavy atom. The molecule has 0 radical (unpaired) electrons. The Labute approximate surface area is 83.8 Å². The first-order chi connectivity index (χ1) is 6.86. The lowest BCUT2D eigenvalue weighted by atomic mass is 10.2. The first-order valence-corrected chi connectivity index (χ1v) is 4.72. The summed E-state index contributed by atoms with van der Waals surface area (Å²) in [7, 11) is 0. The van der Waals surface area contributed by atoms with E-state index in [9.17, 15) is 0 Å². The molecule has 2 rings (SSSR count). The highest BCUT2D eigenvalue weighted by atomic mass is 16.3. The third-order valence-corrected chi connectivity index (χ3v) is 2.02. The van der Waals surface area contributed by atoms with Crippen LogP contribution in [0.1, 0.15) is 18.4 Å². The number of hydrogen-bond donors (Lipinski definition) is 2. The standard InChI is InChI=1S/C10H13N.CH2O2/c1-2-4-9(5-3-1)8-11-10-6-7-10;2-1-3/h1-5,10-11H,6-8H2;1H,(H,2,3). The number of rotatable bonds is 3. The van der Waals surface area contributed by atoms with E-state index in [-0.39, 0.29) is 6.47 Å². The monoisotopic (exact) mass is 193 g/mol. The summed E-state index contributed by atoms with van der Waals surface area (Å²) in [4.78, 5) is 8.36. The highest BCUT2D eigenvalue weighted by molar-refractivity contribution is 5.32. The highest BCUT2D eigenvalue weighted by Gasteiger charge is 2.19. The van der Waals surface area contributed by atoms with Gasteiger partial charge in [-0.1, -0.05) is 30.3 Å². The summed E-state index contributed by atoms with van der Waals surface area (Å²) in [6, 6.07) is 11.4. The molecular formula is C11H15NO2. The summed E-state index contributed by atoms with van der Waals surface area (Å²) >= 11 is 0. The molecule has 76 valence electrons. The van der Waals surface area contributed by atoms with Crippen LogP contribution in [0.5, 0.6) is 0 Å². The Bertz CT molecular complexity index is 257. The number of hydrogen-bond acceptors (Lipinski definition) is 2. The van der Waals surface area contributed by atoms with Crippen LogP contribution < -0.4 is 5.32 Å². The molecule has 0 atom stereocenters. The molecule has 1 aromatic rings. The molecule has 1 aliphatic rings. The fourth-order valence-electron chi connectivity index (χ4n) is 1.15. The van der Waals surface area contributed by atoms with Crippen molar-refractivity contribution in [1.29, 1.82) is 0 Å². The van der Waals surface area contributed by atoms with Gasteiger partial charge in [0.25, 0.3) is 6.47 Å². The van der Waals surface area contributed by atoms with E-state index in [4.69, 9.17) is 9.90 Å². The summed E-state index contributed by atoms with van der Waals surface area (Å²) in [5.41, 5.74) is 1.39. The van der Waals surface area contributed by atoms with Crippen molar-refractivity contribution in [3.05, 3.63) is 35.9 Å². The van der Waals surface area contributed by atoms with Crippen molar-refractivity contribution in [1.82, 2.24) is 5.32 Å². The fraction of sp³-hybridized carbons (Fsp3) is 0.364. The average Bonchev–Trinajstić information content (AvgIpc) is 3.01. The molecule has 0 aromatic heterocycles. The Kier molecular flexibility index (Phi) is 4.72. The zero-order chi connectivity index (χ0) is 10.2. The molecular weight excluding hydrogens is 178 g/mol. The van der Waals surface area contributed by atoms with Crippen LogP contribution in [0.2, 0.25) is 0 Å². The lowest BCUT2D eigenvalue weighted by molar-refractivity contribution is -0.122. The van der Waals surface area contributed by atoms with Crippen molar-refractivity contribution in [2.45, 2.75) is 25.4 Å². The molecule has 1 aromatic carbocycles. The molecule has 1 fully saturated rings. The molecule has 1 aliphatic carbocycles. The minimum Gasteiger partial charge on any atom is -0.483 e. The maximum atomic E-state index is 8.36. The molecule has 1 saturated carbocycles. The van der Waals surface area contributed by atoms with Gasteiger partial charge >= 0.3 is 0 Å². The molecule has 14 heavy (non-hydrogen) atoms. The number of benzene rings is 1. The Morgan fingerprint density at radius 1 is 1.36 bits per heavy atom. The van der Waals surface area contributed by atoms with Gasteiger partial charge < -0.3 is 10.4 Å². The van der Waals surface area contributed by atoms with Crippen LogP contribution in [0.4, 0.5) is 0 Å². The lowest BCUT2D eigenvalue weighted by Gasteiger charge is -2.00. The van der Waals surface area contributed by atoms with Gasteiger partial charge in [0, 0.05) is 12.6 Å². The second-order valence-electron chi connectivity index (χ2n) is 3.25. The molecule has 0 heterocycles. The number of carboxylic acid groups (broad SMARTS) is 1. The predicted molar refractivity (Wildman–Crippen MR) is 55.0 cm³/mol. The van der Waals surface area contributed by atoms with E-state index in [1.165, 1.54) is 18.4 Å². The maximum Gasteiger partial charge on any atom is 0.290 e. The summed E-state index contributed by atoms with van der Waals surface area (Å²) in [6.07, 6.45) is 2.74. The minimum atomic E-state index is -0.250. The van der Waals surface area contributed by atoms with Gasteiger partial charge in [-0.25, -0.2) is 0 Å². The Morgan fingerprint density at radius 3 is 2.43 bits per heavy atom. The van der Waals surface area contributed by atoms with Crippen LogP contribution in [0, 0.1) is 0 Å². The molecule has 0 amide bonds. The fourth-order valence-corrected chi connectivity index (χ4v) is 1.15. The van der Waals surface area contributed by atoms with E-state index in [1.807, 2.05) is 0 Å². The zero-order valence-electron chi connectivity index (χ0n) is 8.02. The topological polar surface area (TPSA) is 49.3 Å².